The van der Waals surface area contributed by atoms with Gasteiger partial charge >= 0.3 is 6.09 Å². The molecule has 2 aromatic rings. The molecule has 0 aliphatic carbocycles. The Kier molecular flexibility index (Phi) is 10.5. The van der Waals surface area contributed by atoms with Gasteiger partial charge in [0.1, 0.15) is 11.7 Å². The van der Waals surface area contributed by atoms with Gasteiger partial charge in [-0.05, 0) is 62.9 Å². The van der Waals surface area contributed by atoms with Gasteiger partial charge in [-0.15, -0.1) is 0 Å². The zero-order valence-corrected chi connectivity index (χ0v) is 21.1. The summed E-state index contributed by atoms with van der Waals surface area (Å²) >= 11 is 9.62. The number of thiocarbonyl (C=S) groups is 1. The maximum Gasteiger partial charge on any atom is 0.407 e. The first-order chi connectivity index (χ1) is 15.2. The van der Waals surface area contributed by atoms with Gasteiger partial charge in [0.25, 0.3) is 0 Å². The molecule has 2 aromatic carbocycles. The minimum atomic E-state index is -0.564. The molecule has 0 spiro atoms. The number of rotatable bonds is 10. The van der Waals surface area contributed by atoms with Gasteiger partial charge in [-0.3, -0.25) is 0 Å². The van der Waals surface area contributed by atoms with Crippen LogP contribution in [0.5, 0.6) is 0 Å². The fourth-order valence-electron chi connectivity index (χ4n) is 3.57. The molecule has 0 aliphatic rings. The van der Waals surface area contributed by atoms with E-state index in [0.29, 0.717) is 23.6 Å². The van der Waals surface area contributed by atoms with Crippen LogP contribution in [-0.4, -0.2) is 34.6 Å². The fourth-order valence-corrected chi connectivity index (χ4v) is 3.76. The first kappa shape index (κ1) is 26.2. The number of nitrogens with one attached hydrogen (secondary N) is 1. The van der Waals surface area contributed by atoms with Crippen molar-refractivity contribution in [1.29, 1.82) is 0 Å². The van der Waals surface area contributed by atoms with Crippen LogP contribution in [0.2, 0.25) is 0 Å². The summed E-state index contributed by atoms with van der Waals surface area (Å²) in [6, 6.07) is 20.3. The Hall–Kier alpha value is -2.05. The summed E-state index contributed by atoms with van der Waals surface area (Å²) in [5.41, 5.74) is 1.82. The zero-order chi connectivity index (χ0) is 23.6. The Balaban J connectivity index is 2.19. The van der Waals surface area contributed by atoms with E-state index in [1.54, 1.807) is 0 Å². The molecule has 0 saturated carbocycles. The quantitative estimate of drug-likeness (QED) is 0.327. The summed E-state index contributed by atoms with van der Waals surface area (Å²) in [5.74, 6) is 0.571. The molecule has 1 amide bonds. The summed E-state index contributed by atoms with van der Waals surface area (Å²) in [6.45, 7) is 7.74. The van der Waals surface area contributed by atoms with Crippen molar-refractivity contribution in [3.05, 3.63) is 71.8 Å². The van der Waals surface area contributed by atoms with E-state index in [0.717, 1.165) is 12.0 Å². The normalized spacial score (nSPS) is 14.2. The molecule has 0 aromatic heterocycles. The SMILES string of the molecule is C[C@@H](Cc1ccccc1)[C@H](C[C@H](Cc1ccccc1)NC(=O)OC(C)(C)C)OC(=S)CS. The number of carbonyl (C=O) groups excluding carboxylic acids is 1. The monoisotopic (exact) mass is 473 g/mol. The van der Waals surface area contributed by atoms with Crippen molar-refractivity contribution in [2.75, 3.05) is 5.75 Å². The highest BCUT2D eigenvalue weighted by atomic mass is 32.1. The summed E-state index contributed by atoms with van der Waals surface area (Å²) in [6.07, 6.45) is 1.54. The zero-order valence-electron chi connectivity index (χ0n) is 19.4. The molecule has 6 heteroatoms. The second-order valence-corrected chi connectivity index (χ2v) is 9.89. The Morgan fingerprint density at radius 1 is 1.00 bits per heavy atom. The Morgan fingerprint density at radius 2 is 1.53 bits per heavy atom. The second-order valence-electron chi connectivity index (χ2n) is 9.12. The highest BCUT2D eigenvalue weighted by Crippen LogP contribution is 2.22. The van der Waals surface area contributed by atoms with Gasteiger partial charge in [0.2, 0.25) is 0 Å². The third-order valence-corrected chi connectivity index (χ3v) is 5.75. The molecule has 0 saturated heterocycles. The molecule has 3 atom stereocenters. The van der Waals surface area contributed by atoms with Crippen molar-refractivity contribution in [1.82, 2.24) is 5.32 Å². The average molecular weight is 474 g/mol. The van der Waals surface area contributed by atoms with Crippen molar-refractivity contribution in [3.63, 3.8) is 0 Å². The molecule has 32 heavy (non-hydrogen) atoms. The second kappa shape index (κ2) is 12.9. The highest BCUT2D eigenvalue weighted by Gasteiger charge is 2.27. The first-order valence-electron chi connectivity index (χ1n) is 11.0. The van der Waals surface area contributed by atoms with E-state index in [4.69, 9.17) is 21.7 Å². The Morgan fingerprint density at radius 3 is 2.03 bits per heavy atom. The van der Waals surface area contributed by atoms with Crippen LogP contribution in [0.1, 0.15) is 45.2 Å². The van der Waals surface area contributed by atoms with Crippen molar-refractivity contribution in [3.8, 4) is 0 Å². The Labute approximate surface area is 203 Å². The number of benzene rings is 2. The number of alkyl carbamates (subject to hydrolysis) is 1. The fraction of sp³-hybridized carbons (Fsp3) is 0.462. The lowest BCUT2D eigenvalue weighted by atomic mass is 9.90. The predicted molar refractivity (Wildman–Crippen MR) is 139 cm³/mol. The predicted octanol–water partition coefficient (Wildman–Crippen LogP) is 6.03. The van der Waals surface area contributed by atoms with Crippen LogP contribution in [0.15, 0.2) is 60.7 Å². The summed E-state index contributed by atoms with van der Waals surface area (Å²) < 4.78 is 11.7. The maximum atomic E-state index is 12.6. The number of ether oxygens (including phenoxy) is 2. The first-order valence-corrected chi connectivity index (χ1v) is 12.1. The van der Waals surface area contributed by atoms with Crippen molar-refractivity contribution in [2.24, 2.45) is 5.92 Å². The van der Waals surface area contributed by atoms with E-state index in [1.165, 1.54) is 5.56 Å². The van der Waals surface area contributed by atoms with Gasteiger partial charge in [0.05, 0.1) is 5.75 Å². The third kappa shape index (κ3) is 10.0. The summed E-state index contributed by atoms with van der Waals surface area (Å²) in [7, 11) is 0. The van der Waals surface area contributed by atoms with Crippen LogP contribution < -0.4 is 5.32 Å². The van der Waals surface area contributed by atoms with Crippen molar-refractivity contribution < 1.29 is 14.3 Å². The van der Waals surface area contributed by atoms with Gasteiger partial charge in [-0.2, -0.15) is 12.6 Å². The smallest absolute Gasteiger partial charge is 0.407 e. The topological polar surface area (TPSA) is 47.6 Å². The van der Waals surface area contributed by atoms with Crippen LogP contribution in [0, 0.1) is 5.92 Å². The van der Waals surface area contributed by atoms with Crippen LogP contribution in [0.4, 0.5) is 4.79 Å². The summed E-state index contributed by atoms with van der Waals surface area (Å²) in [4.78, 5) is 12.6. The van der Waals surface area contributed by atoms with Gasteiger partial charge in [0.15, 0.2) is 5.05 Å². The largest absolute Gasteiger partial charge is 0.483 e. The summed E-state index contributed by atoms with van der Waals surface area (Å²) in [5, 5.41) is 3.53. The standard InChI is InChI=1S/C26H35NO3S2/c1-19(15-20-11-7-5-8-12-20)23(29-24(32)18-31)17-22(16-21-13-9-6-10-14-21)27-25(28)30-26(2,3)4/h5-14,19,22-23,31H,15-18H2,1-4H3,(H,27,28)/t19-,22-,23-/m0/s1. The van der Waals surface area contributed by atoms with Crippen LogP contribution >= 0.6 is 24.8 Å². The van der Waals surface area contributed by atoms with Crippen LogP contribution in [-0.2, 0) is 22.3 Å². The molecule has 1 N–H and O–H groups in total. The lowest BCUT2D eigenvalue weighted by Crippen LogP contribution is -2.43. The highest BCUT2D eigenvalue weighted by molar-refractivity contribution is 7.85. The molecule has 4 nitrogen and oxygen atoms in total. The molecule has 2 rings (SSSR count). The number of amides is 1. The molecule has 0 fully saturated rings. The van der Waals surface area contributed by atoms with Crippen LogP contribution in [0.3, 0.4) is 0 Å². The number of hydrogen-bond acceptors (Lipinski definition) is 5. The molecule has 0 heterocycles. The number of hydrogen-bond donors (Lipinski definition) is 2. The molecular formula is C26H35NO3S2. The van der Waals surface area contributed by atoms with Gasteiger partial charge in [0, 0.05) is 12.5 Å². The van der Waals surface area contributed by atoms with Crippen molar-refractivity contribution in [2.45, 2.75) is 64.7 Å². The molecule has 0 aliphatic heterocycles. The van der Waals surface area contributed by atoms with Crippen molar-refractivity contribution >= 4 is 36.0 Å². The average Bonchev–Trinajstić information content (AvgIpc) is 2.73. The molecule has 174 valence electrons. The van der Waals surface area contributed by atoms with Gasteiger partial charge in [-0.1, -0.05) is 67.6 Å². The minimum absolute atomic E-state index is 0.168. The number of carbonyl (C=O) groups is 1. The lowest BCUT2D eigenvalue weighted by Gasteiger charge is -2.30. The number of thiol groups is 1. The Bertz CT molecular complexity index is 837. The third-order valence-electron chi connectivity index (χ3n) is 5.01. The maximum absolute atomic E-state index is 12.6. The molecule has 0 bridgehead atoms. The van der Waals surface area contributed by atoms with E-state index in [2.05, 4.69) is 49.1 Å². The molecular weight excluding hydrogens is 438 g/mol. The van der Waals surface area contributed by atoms with E-state index in [-0.39, 0.29) is 18.1 Å². The van der Waals surface area contributed by atoms with Crippen LogP contribution in [0.25, 0.3) is 0 Å². The van der Waals surface area contributed by atoms with Gasteiger partial charge in [-0.25, -0.2) is 4.79 Å². The van der Waals surface area contributed by atoms with E-state index >= 15 is 0 Å². The van der Waals surface area contributed by atoms with Gasteiger partial charge < -0.3 is 14.8 Å². The van der Waals surface area contributed by atoms with E-state index in [9.17, 15) is 4.79 Å². The van der Waals surface area contributed by atoms with E-state index in [1.807, 2.05) is 57.2 Å². The molecule has 0 unspecified atom stereocenters. The van der Waals surface area contributed by atoms with E-state index < -0.39 is 11.7 Å². The lowest BCUT2D eigenvalue weighted by molar-refractivity contribution is 0.0470. The molecule has 0 radical (unpaired) electrons. The minimum Gasteiger partial charge on any atom is -0.483 e.